The lowest BCUT2D eigenvalue weighted by Gasteiger charge is -1.98. The molecule has 0 atom stereocenters. The second-order valence-corrected chi connectivity index (χ2v) is 6.19. The van der Waals surface area contributed by atoms with Crippen molar-refractivity contribution >= 4 is 35.5 Å². The van der Waals surface area contributed by atoms with Crippen LogP contribution >= 0.6 is 0 Å². The van der Waals surface area contributed by atoms with Crippen LogP contribution in [-0.4, -0.2) is 57.0 Å². The molecule has 0 radical (unpaired) electrons. The summed E-state index contributed by atoms with van der Waals surface area (Å²) in [6, 6.07) is 6.95. The molecule has 15 nitrogen and oxygen atoms in total. The number of aromatic hydroxyl groups is 2. The van der Waals surface area contributed by atoms with Gasteiger partial charge in [-0.2, -0.15) is 14.3 Å². The number of fused-ring (bicyclic) bond motifs is 1. The Kier molecular flexibility index (Phi) is 4.96. The van der Waals surface area contributed by atoms with Gasteiger partial charge in [0.25, 0.3) is 23.1 Å². The average Bonchev–Trinajstić information content (AvgIpc) is 3.35. The highest BCUT2D eigenvalue weighted by Crippen LogP contribution is 2.23. The lowest BCUT2D eigenvalue weighted by atomic mass is 10.2. The van der Waals surface area contributed by atoms with E-state index in [-0.39, 0.29) is 45.7 Å². The van der Waals surface area contributed by atoms with Crippen LogP contribution in [0, 0.1) is 20.2 Å². The summed E-state index contributed by atoms with van der Waals surface area (Å²) in [6.45, 7) is 0. The zero-order valence-corrected chi connectivity index (χ0v) is 15.7. The first-order valence-electron chi connectivity index (χ1n) is 8.65. The molecule has 2 aromatic carbocycles. The van der Waals surface area contributed by atoms with Crippen LogP contribution in [0.3, 0.4) is 0 Å². The summed E-state index contributed by atoms with van der Waals surface area (Å²) in [5, 5.41) is 57.3. The Labute approximate surface area is 176 Å². The Morgan fingerprint density at radius 3 is 2.09 bits per heavy atom. The van der Waals surface area contributed by atoms with Crippen LogP contribution in [0.2, 0.25) is 0 Å². The van der Waals surface area contributed by atoms with Gasteiger partial charge in [0.1, 0.15) is 17.8 Å². The summed E-state index contributed by atoms with van der Waals surface area (Å²) in [7, 11) is 0. The third-order valence-corrected chi connectivity index (χ3v) is 4.17. The Morgan fingerprint density at radius 2 is 1.50 bits per heavy atom. The molecule has 0 bridgehead atoms. The first-order chi connectivity index (χ1) is 15.3. The minimum absolute atomic E-state index is 0.00180. The fraction of sp³-hybridized carbons (Fsp3) is 0. The van der Waals surface area contributed by atoms with Crippen LogP contribution in [0.1, 0.15) is 11.1 Å². The largest absolute Gasteiger partial charge is 0.507 e. The summed E-state index contributed by atoms with van der Waals surface area (Å²) >= 11 is 0. The smallest absolute Gasteiger partial charge is 0.276 e. The van der Waals surface area contributed by atoms with Crippen LogP contribution < -0.4 is 0 Å². The maximum atomic E-state index is 10.9. The van der Waals surface area contributed by atoms with Gasteiger partial charge in [-0.3, -0.25) is 20.2 Å². The summed E-state index contributed by atoms with van der Waals surface area (Å²) in [6.07, 6.45) is 3.61. The van der Waals surface area contributed by atoms with Crippen LogP contribution in [0.15, 0.2) is 52.8 Å². The summed E-state index contributed by atoms with van der Waals surface area (Å²) in [4.78, 5) is 24.6. The van der Waals surface area contributed by atoms with E-state index in [1.54, 1.807) is 0 Å². The van der Waals surface area contributed by atoms with Gasteiger partial charge in [-0.05, 0) is 12.1 Å². The van der Waals surface area contributed by atoms with Crippen LogP contribution in [0.25, 0.3) is 5.78 Å². The summed E-state index contributed by atoms with van der Waals surface area (Å²) in [5.41, 5.74) is -0.248. The molecule has 0 fully saturated rings. The first kappa shape index (κ1) is 20.1. The van der Waals surface area contributed by atoms with E-state index in [1.165, 1.54) is 40.1 Å². The molecule has 0 spiro atoms. The molecule has 4 aromatic rings. The van der Waals surface area contributed by atoms with Gasteiger partial charge in [-0.15, -0.1) is 15.3 Å². The standard InChI is InChI=1S/C17H11N9O6/c27-14-3-1-12(25(29)30)5-10(14)7-18-16-21-22-17-23(9-20-24(16)17)19-8-11-6-13(26(31)32)2-4-15(11)28/h1-9,27-28H/b18-7?,19-8+. The predicted molar refractivity (Wildman–Crippen MR) is 109 cm³/mol. The van der Waals surface area contributed by atoms with Gasteiger partial charge in [0.05, 0.1) is 16.1 Å². The fourth-order valence-electron chi connectivity index (χ4n) is 2.59. The molecule has 4 rings (SSSR count). The number of nitrogens with zero attached hydrogens (tertiary/aromatic N) is 9. The molecule has 15 heteroatoms. The van der Waals surface area contributed by atoms with Gasteiger partial charge in [-0.1, -0.05) is 0 Å². The lowest BCUT2D eigenvalue weighted by molar-refractivity contribution is -0.385. The molecule has 0 unspecified atom stereocenters. The highest BCUT2D eigenvalue weighted by atomic mass is 16.6. The normalized spacial score (nSPS) is 11.6. The Balaban J connectivity index is 1.62. The van der Waals surface area contributed by atoms with E-state index in [0.717, 1.165) is 24.3 Å². The minimum Gasteiger partial charge on any atom is -0.507 e. The SMILES string of the molecule is O=[N+]([O-])c1ccc(O)c(C=Nc2nnc3n(/N=C/c4cc([N+](=O)[O-])ccc4O)cnn23)c1. The van der Waals surface area contributed by atoms with Crippen LogP contribution in [0.5, 0.6) is 11.5 Å². The number of nitro groups is 2. The Morgan fingerprint density at radius 1 is 0.906 bits per heavy atom. The zero-order chi connectivity index (χ0) is 22.8. The molecule has 0 aliphatic carbocycles. The maximum Gasteiger partial charge on any atom is 0.276 e. The van der Waals surface area contributed by atoms with E-state index in [2.05, 4.69) is 25.4 Å². The van der Waals surface area contributed by atoms with E-state index < -0.39 is 9.85 Å². The van der Waals surface area contributed by atoms with E-state index in [4.69, 9.17) is 0 Å². The molecule has 0 saturated carbocycles. The molecule has 2 aromatic heterocycles. The van der Waals surface area contributed by atoms with Gasteiger partial charge in [0.15, 0.2) is 0 Å². The highest BCUT2D eigenvalue weighted by molar-refractivity contribution is 5.86. The molecule has 2 heterocycles. The second kappa shape index (κ2) is 7.90. The van der Waals surface area contributed by atoms with Gasteiger partial charge in [0, 0.05) is 41.6 Å². The van der Waals surface area contributed by atoms with Crippen molar-refractivity contribution in [1.29, 1.82) is 0 Å². The number of benzene rings is 2. The van der Waals surface area contributed by atoms with Crippen LogP contribution in [0.4, 0.5) is 17.3 Å². The molecule has 0 saturated heterocycles. The average molecular weight is 437 g/mol. The number of aliphatic imine (C=N–C) groups is 1. The van der Waals surface area contributed by atoms with Crippen molar-refractivity contribution in [2.75, 3.05) is 0 Å². The lowest BCUT2D eigenvalue weighted by Crippen LogP contribution is -1.93. The number of phenols is 2. The van der Waals surface area contributed by atoms with Crippen molar-refractivity contribution in [1.82, 2.24) is 24.5 Å². The quantitative estimate of drug-likeness (QED) is 0.256. The first-order valence-corrected chi connectivity index (χ1v) is 8.65. The number of hydrogen-bond donors (Lipinski definition) is 2. The molecule has 160 valence electrons. The van der Waals surface area contributed by atoms with Crippen molar-refractivity contribution in [3.8, 4) is 11.5 Å². The number of phenolic OH excluding ortho intramolecular Hbond substituents is 2. The van der Waals surface area contributed by atoms with Gasteiger partial charge in [-0.25, -0.2) is 4.99 Å². The third kappa shape index (κ3) is 3.80. The molecule has 32 heavy (non-hydrogen) atoms. The number of hydrogen-bond acceptors (Lipinski definition) is 11. The Hall–Kier alpha value is -5.21. The molecule has 0 aliphatic rings. The van der Waals surface area contributed by atoms with Crippen molar-refractivity contribution in [2.24, 2.45) is 10.1 Å². The third-order valence-electron chi connectivity index (χ3n) is 4.17. The van der Waals surface area contributed by atoms with Crippen molar-refractivity contribution in [3.05, 3.63) is 74.1 Å². The van der Waals surface area contributed by atoms with Crippen LogP contribution in [-0.2, 0) is 0 Å². The molecule has 2 N–H and O–H groups in total. The number of non-ortho nitro benzene ring substituents is 2. The topological polar surface area (TPSA) is 199 Å². The summed E-state index contributed by atoms with van der Waals surface area (Å²) < 4.78 is 2.39. The van der Waals surface area contributed by atoms with E-state index >= 15 is 0 Å². The maximum absolute atomic E-state index is 10.9. The van der Waals surface area contributed by atoms with E-state index in [1.807, 2.05) is 0 Å². The highest BCUT2D eigenvalue weighted by Gasteiger charge is 2.13. The molecular weight excluding hydrogens is 426 g/mol. The minimum atomic E-state index is -0.606. The number of nitro benzene ring substituents is 2. The van der Waals surface area contributed by atoms with Crippen molar-refractivity contribution < 1.29 is 20.1 Å². The van der Waals surface area contributed by atoms with E-state index in [0.29, 0.717) is 0 Å². The van der Waals surface area contributed by atoms with Gasteiger partial charge < -0.3 is 10.2 Å². The monoisotopic (exact) mass is 437 g/mol. The van der Waals surface area contributed by atoms with Crippen molar-refractivity contribution in [3.63, 3.8) is 0 Å². The summed E-state index contributed by atoms with van der Waals surface area (Å²) in [5.74, 6) is -0.300. The molecule has 0 amide bonds. The molecule has 0 aliphatic heterocycles. The number of aromatic nitrogens is 5. The predicted octanol–water partition coefficient (Wildman–Crippen LogP) is 1.79. The van der Waals surface area contributed by atoms with Crippen molar-refractivity contribution in [2.45, 2.75) is 0 Å². The number of rotatable bonds is 6. The fourth-order valence-corrected chi connectivity index (χ4v) is 2.59. The van der Waals surface area contributed by atoms with Gasteiger partial charge >= 0.3 is 0 Å². The Bertz CT molecular complexity index is 1310. The molecular formula is C17H11N9O6. The zero-order valence-electron chi connectivity index (χ0n) is 15.7. The second-order valence-electron chi connectivity index (χ2n) is 6.19. The van der Waals surface area contributed by atoms with E-state index in [9.17, 15) is 30.4 Å². The van der Waals surface area contributed by atoms with Gasteiger partial charge in [0.2, 0.25) is 0 Å².